The summed E-state index contributed by atoms with van der Waals surface area (Å²) >= 11 is 0. The Labute approximate surface area is 58.4 Å². The fourth-order valence-electron chi connectivity index (χ4n) is 0. The maximum absolute atomic E-state index is 9.19. The van der Waals surface area contributed by atoms with E-state index < -0.39 is 10.2 Å². The molecule has 4 N–H and O–H groups in total. The first kappa shape index (κ1) is 9.98. The van der Waals surface area contributed by atoms with Gasteiger partial charge in [0.15, 0.2) is 0 Å². The molecule has 0 unspecified atom stereocenters. The van der Waals surface area contributed by atoms with Crippen molar-refractivity contribution >= 4 is 10.2 Å². The SMILES string of the molecule is NS(N)(=O)=O.[Na+]. The van der Waals surface area contributed by atoms with Crippen LogP contribution < -0.4 is 39.8 Å². The minimum absolute atomic E-state index is 0. The zero-order valence-corrected chi connectivity index (χ0v) is 6.20. The van der Waals surface area contributed by atoms with Crippen LogP contribution in [0.2, 0.25) is 0 Å². The number of hydrogen-bond acceptors (Lipinski definition) is 2. The van der Waals surface area contributed by atoms with Crippen molar-refractivity contribution in [2.75, 3.05) is 0 Å². The summed E-state index contributed by atoms with van der Waals surface area (Å²) in [5.74, 6) is 0. The van der Waals surface area contributed by atoms with E-state index in [1.165, 1.54) is 0 Å². The molecule has 32 valence electrons. The van der Waals surface area contributed by atoms with Crippen molar-refractivity contribution in [2.24, 2.45) is 10.3 Å². The van der Waals surface area contributed by atoms with Gasteiger partial charge in [0.1, 0.15) is 0 Å². The van der Waals surface area contributed by atoms with Crippen LogP contribution in [0.1, 0.15) is 0 Å². The van der Waals surface area contributed by atoms with Crippen LogP contribution >= 0.6 is 0 Å². The van der Waals surface area contributed by atoms with Crippen molar-refractivity contribution in [2.45, 2.75) is 0 Å². The maximum atomic E-state index is 9.19. The monoisotopic (exact) mass is 119 g/mol. The van der Waals surface area contributed by atoms with E-state index in [0.717, 1.165) is 0 Å². The number of rotatable bonds is 0. The topological polar surface area (TPSA) is 86.2 Å². The van der Waals surface area contributed by atoms with Crippen molar-refractivity contribution in [3.63, 3.8) is 0 Å². The van der Waals surface area contributed by atoms with E-state index in [2.05, 4.69) is 10.3 Å². The molecule has 6 heteroatoms. The zero-order chi connectivity index (χ0) is 4.50. The Kier molecular flexibility index (Phi) is 4.91. The minimum Gasteiger partial charge on any atom is -0.216 e. The van der Waals surface area contributed by atoms with Crippen LogP contribution in [0.15, 0.2) is 0 Å². The van der Waals surface area contributed by atoms with Gasteiger partial charge in [-0.1, -0.05) is 0 Å². The Bertz CT molecular complexity index is 94.7. The molecule has 0 aromatic rings. The molecule has 0 bridgehead atoms. The van der Waals surface area contributed by atoms with Gasteiger partial charge in [0.2, 0.25) is 0 Å². The molecule has 0 saturated carbocycles. The van der Waals surface area contributed by atoms with Gasteiger partial charge in [-0.25, -0.2) is 10.3 Å². The van der Waals surface area contributed by atoms with Gasteiger partial charge in [-0.3, -0.25) is 0 Å². The number of hydrogen-bond donors (Lipinski definition) is 2. The van der Waals surface area contributed by atoms with Gasteiger partial charge in [0.05, 0.1) is 0 Å². The van der Waals surface area contributed by atoms with E-state index in [1.54, 1.807) is 0 Å². The molecule has 0 fully saturated rings. The summed E-state index contributed by atoms with van der Waals surface area (Å²) in [6.45, 7) is 0. The Morgan fingerprint density at radius 2 is 1.17 bits per heavy atom. The summed E-state index contributed by atoms with van der Waals surface area (Å²) in [5.41, 5.74) is 0. The van der Waals surface area contributed by atoms with Crippen molar-refractivity contribution in [3.8, 4) is 0 Å². The van der Waals surface area contributed by atoms with Crippen LogP contribution in [-0.4, -0.2) is 8.42 Å². The third-order valence-corrected chi connectivity index (χ3v) is 0. The van der Waals surface area contributed by atoms with Crippen LogP contribution in [0.5, 0.6) is 0 Å². The first-order valence-electron chi connectivity index (χ1n) is 0.805. The van der Waals surface area contributed by atoms with Gasteiger partial charge < -0.3 is 0 Å². The molecule has 0 aliphatic heterocycles. The Hall–Kier alpha value is 0.870. The standard InChI is InChI=1S/H4N2O2S.Na/c1-5(2,3)4;/h(H4,1,2,3,4);/q;+1. The normalized spacial score (nSPS) is 9.67. The molecule has 0 saturated heterocycles. The summed E-state index contributed by atoms with van der Waals surface area (Å²) in [7, 11) is -3.67. The van der Waals surface area contributed by atoms with Crippen LogP contribution in [0, 0.1) is 0 Å². The minimum atomic E-state index is -3.67. The van der Waals surface area contributed by atoms with Crippen molar-refractivity contribution in [1.82, 2.24) is 0 Å². The van der Waals surface area contributed by atoms with Gasteiger partial charge in [0, 0.05) is 0 Å². The van der Waals surface area contributed by atoms with Gasteiger partial charge in [-0.05, 0) is 0 Å². The van der Waals surface area contributed by atoms with Gasteiger partial charge in [-0.2, -0.15) is 8.42 Å². The predicted molar refractivity (Wildman–Crippen MR) is 17.3 cm³/mol. The largest absolute Gasteiger partial charge is 1.00 e. The third kappa shape index (κ3) is 96.4. The van der Waals surface area contributed by atoms with Gasteiger partial charge in [0.25, 0.3) is 10.2 Å². The molecule has 6 heavy (non-hydrogen) atoms. The van der Waals surface area contributed by atoms with Gasteiger partial charge >= 0.3 is 29.6 Å². The average Bonchev–Trinajstić information content (AvgIpc) is 0.722. The summed E-state index contributed by atoms with van der Waals surface area (Å²) in [5, 5.41) is 8.21. The molecule has 0 aliphatic carbocycles. The molecular weight excluding hydrogens is 115 g/mol. The van der Waals surface area contributed by atoms with E-state index in [-0.39, 0.29) is 29.6 Å². The zero-order valence-electron chi connectivity index (χ0n) is 3.38. The summed E-state index contributed by atoms with van der Waals surface area (Å²) < 4.78 is 18.4. The first-order chi connectivity index (χ1) is 2.00. The van der Waals surface area contributed by atoms with E-state index in [9.17, 15) is 8.42 Å². The summed E-state index contributed by atoms with van der Waals surface area (Å²) in [6.07, 6.45) is 0. The van der Waals surface area contributed by atoms with Crippen molar-refractivity contribution in [1.29, 1.82) is 0 Å². The second-order valence-electron chi connectivity index (χ2n) is 0.589. The van der Waals surface area contributed by atoms with E-state index in [4.69, 9.17) is 0 Å². The van der Waals surface area contributed by atoms with Crippen LogP contribution in [0.25, 0.3) is 0 Å². The average molecular weight is 119 g/mol. The number of nitrogens with two attached hydrogens (primary N) is 2. The quantitative estimate of drug-likeness (QED) is 0.313. The molecular formula is H4N2NaO2S+. The molecule has 0 atom stereocenters. The molecule has 0 aromatic heterocycles. The van der Waals surface area contributed by atoms with Crippen molar-refractivity contribution in [3.05, 3.63) is 0 Å². The smallest absolute Gasteiger partial charge is 0.216 e. The maximum Gasteiger partial charge on any atom is 1.00 e. The van der Waals surface area contributed by atoms with Gasteiger partial charge in [-0.15, -0.1) is 0 Å². The molecule has 0 spiro atoms. The predicted octanol–water partition coefficient (Wildman–Crippen LogP) is -4.85. The molecule has 4 nitrogen and oxygen atoms in total. The molecule has 0 aromatic carbocycles. The van der Waals surface area contributed by atoms with Crippen LogP contribution in [-0.2, 0) is 10.2 Å². The Balaban J connectivity index is 0. The third-order valence-electron chi connectivity index (χ3n) is 0. The van der Waals surface area contributed by atoms with Crippen molar-refractivity contribution < 1.29 is 38.0 Å². The molecule has 0 heterocycles. The van der Waals surface area contributed by atoms with E-state index >= 15 is 0 Å². The fourth-order valence-corrected chi connectivity index (χ4v) is 0. The Morgan fingerprint density at radius 1 is 1.17 bits per heavy atom. The van der Waals surface area contributed by atoms with E-state index in [0.29, 0.717) is 0 Å². The molecule has 0 aliphatic rings. The van der Waals surface area contributed by atoms with Crippen LogP contribution in [0.4, 0.5) is 0 Å². The van der Waals surface area contributed by atoms with Crippen LogP contribution in [0.3, 0.4) is 0 Å². The fraction of sp³-hybridized carbons (Fsp3) is 0. The van der Waals surface area contributed by atoms with E-state index in [1.807, 2.05) is 0 Å². The second kappa shape index (κ2) is 2.95. The first-order valence-corrected chi connectivity index (χ1v) is 2.41. The molecule has 0 amide bonds. The molecule has 0 rings (SSSR count). The summed E-state index contributed by atoms with van der Waals surface area (Å²) in [6, 6.07) is 0. The molecule has 0 radical (unpaired) electrons. The summed E-state index contributed by atoms with van der Waals surface area (Å²) in [4.78, 5) is 0. The second-order valence-corrected chi connectivity index (χ2v) is 1.77. The Morgan fingerprint density at radius 3 is 1.17 bits per heavy atom.